The number of nitrogens with zero attached hydrogens (tertiary/aromatic N) is 2. The van der Waals surface area contributed by atoms with Crippen molar-refractivity contribution in [3.8, 4) is 17.2 Å². The Morgan fingerprint density at radius 2 is 1.72 bits per heavy atom. The molecule has 0 aliphatic rings. The molecule has 0 radical (unpaired) electrons. The molecule has 2 aromatic heterocycles. The van der Waals surface area contributed by atoms with Crippen LogP contribution >= 0.6 is 0 Å². The molecule has 18 heavy (non-hydrogen) atoms. The van der Waals surface area contributed by atoms with Gasteiger partial charge in [-0.15, -0.1) is 0 Å². The van der Waals surface area contributed by atoms with Gasteiger partial charge < -0.3 is 4.40 Å². The lowest BCUT2D eigenvalue weighted by Gasteiger charge is -2.00. The first-order valence-corrected chi connectivity index (χ1v) is 5.88. The number of benzene rings is 1. The Kier molecular flexibility index (Phi) is 2.39. The van der Waals surface area contributed by atoms with Crippen LogP contribution in [0.1, 0.15) is 11.3 Å². The summed E-state index contributed by atoms with van der Waals surface area (Å²) in [4.78, 5) is 0. The molecule has 2 heterocycles. The highest BCUT2D eigenvalue weighted by molar-refractivity contribution is 5.81. The van der Waals surface area contributed by atoms with Gasteiger partial charge in [-0.25, -0.2) is 0 Å². The van der Waals surface area contributed by atoms with E-state index in [4.69, 9.17) is 0 Å². The van der Waals surface area contributed by atoms with Crippen LogP contribution in [-0.4, -0.2) is 4.40 Å². The number of aryl methyl sites for hydroxylation is 1. The first-order chi connectivity index (χ1) is 8.83. The SMILES string of the molecule is Cc1c(-c2ccccc2)c(C#N)n2ccccc12. The predicted octanol–water partition coefficient (Wildman–Crippen LogP) is 3.79. The molecule has 0 fully saturated rings. The molecule has 0 saturated heterocycles. The molecule has 0 atom stereocenters. The minimum absolute atomic E-state index is 0.703. The molecule has 0 saturated carbocycles. The molecule has 0 amide bonds. The maximum Gasteiger partial charge on any atom is 0.133 e. The third kappa shape index (κ3) is 1.42. The van der Waals surface area contributed by atoms with Crippen molar-refractivity contribution in [1.29, 1.82) is 5.26 Å². The van der Waals surface area contributed by atoms with Crippen LogP contribution in [0.25, 0.3) is 16.6 Å². The van der Waals surface area contributed by atoms with E-state index < -0.39 is 0 Å². The zero-order chi connectivity index (χ0) is 12.5. The second kappa shape index (κ2) is 4.05. The normalized spacial score (nSPS) is 10.4. The maximum absolute atomic E-state index is 9.42. The van der Waals surface area contributed by atoms with E-state index in [0.717, 1.165) is 22.2 Å². The fourth-order valence-electron chi connectivity index (χ4n) is 2.44. The molecule has 2 heteroatoms. The molecule has 0 spiro atoms. The van der Waals surface area contributed by atoms with E-state index >= 15 is 0 Å². The van der Waals surface area contributed by atoms with Crippen molar-refractivity contribution >= 4 is 5.52 Å². The number of hydrogen-bond donors (Lipinski definition) is 0. The zero-order valence-corrected chi connectivity index (χ0v) is 10.1. The highest BCUT2D eigenvalue weighted by Crippen LogP contribution is 2.31. The Bertz CT molecular complexity index is 746. The van der Waals surface area contributed by atoms with Gasteiger partial charge in [0.25, 0.3) is 0 Å². The summed E-state index contributed by atoms with van der Waals surface area (Å²) in [7, 11) is 0. The number of hydrogen-bond acceptors (Lipinski definition) is 1. The van der Waals surface area contributed by atoms with E-state index in [2.05, 4.69) is 13.0 Å². The van der Waals surface area contributed by atoms with Gasteiger partial charge >= 0.3 is 0 Å². The Morgan fingerprint density at radius 3 is 2.44 bits per heavy atom. The molecule has 0 N–H and O–H groups in total. The molecule has 3 aromatic rings. The topological polar surface area (TPSA) is 28.2 Å². The van der Waals surface area contributed by atoms with Gasteiger partial charge in [-0.1, -0.05) is 36.4 Å². The van der Waals surface area contributed by atoms with Crippen LogP contribution in [0.3, 0.4) is 0 Å². The van der Waals surface area contributed by atoms with Crippen LogP contribution < -0.4 is 0 Å². The molecule has 86 valence electrons. The monoisotopic (exact) mass is 232 g/mol. The highest BCUT2D eigenvalue weighted by atomic mass is 14.9. The van der Waals surface area contributed by atoms with E-state index in [1.807, 2.05) is 59.1 Å². The summed E-state index contributed by atoms with van der Waals surface area (Å²) in [6.45, 7) is 2.07. The van der Waals surface area contributed by atoms with E-state index in [9.17, 15) is 5.26 Å². The summed E-state index contributed by atoms with van der Waals surface area (Å²) in [6.07, 6.45) is 1.94. The van der Waals surface area contributed by atoms with Gasteiger partial charge in [0.1, 0.15) is 11.8 Å². The summed E-state index contributed by atoms with van der Waals surface area (Å²) in [5, 5.41) is 9.42. The lowest BCUT2D eigenvalue weighted by molar-refractivity contribution is 1.16. The fourth-order valence-corrected chi connectivity index (χ4v) is 2.44. The van der Waals surface area contributed by atoms with Gasteiger partial charge in [-0.3, -0.25) is 0 Å². The summed E-state index contributed by atoms with van der Waals surface area (Å²) < 4.78 is 1.96. The minimum atomic E-state index is 0.703. The number of pyridine rings is 1. The second-order valence-corrected chi connectivity index (χ2v) is 4.28. The Labute approximate surface area is 106 Å². The fraction of sp³-hybridized carbons (Fsp3) is 0.0625. The number of aromatic nitrogens is 1. The van der Waals surface area contributed by atoms with Crippen molar-refractivity contribution in [3.63, 3.8) is 0 Å². The molecular weight excluding hydrogens is 220 g/mol. The van der Waals surface area contributed by atoms with Gasteiger partial charge in [0.05, 0.1) is 0 Å². The van der Waals surface area contributed by atoms with E-state index in [1.54, 1.807) is 0 Å². The van der Waals surface area contributed by atoms with Gasteiger partial charge in [0, 0.05) is 17.3 Å². The third-order valence-electron chi connectivity index (χ3n) is 3.27. The predicted molar refractivity (Wildman–Crippen MR) is 72.3 cm³/mol. The van der Waals surface area contributed by atoms with E-state index in [0.29, 0.717) is 5.69 Å². The summed E-state index contributed by atoms with van der Waals surface area (Å²) in [6, 6.07) is 18.4. The third-order valence-corrected chi connectivity index (χ3v) is 3.27. The van der Waals surface area contributed by atoms with Crippen LogP contribution in [0.4, 0.5) is 0 Å². The summed E-state index contributed by atoms with van der Waals surface area (Å²) in [5.74, 6) is 0. The molecule has 0 aliphatic carbocycles. The highest BCUT2D eigenvalue weighted by Gasteiger charge is 2.15. The van der Waals surface area contributed by atoms with Crippen LogP contribution in [0.2, 0.25) is 0 Å². The van der Waals surface area contributed by atoms with Gasteiger partial charge in [-0.2, -0.15) is 5.26 Å². The van der Waals surface area contributed by atoms with Gasteiger partial charge in [-0.05, 0) is 30.2 Å². The lowest BCUT2D eigenvalue weighted by Crippen LogP contribution is -1.87. The first kappa shape index (κ1) is 10.6. The molecule has 3 rings (SSSR count). The minimum Gasteiger partial charge on any atom is -0.307 e. The van der Waals surface area contributed by atoms with E-state index in [1.165, 1.54) is 0 Å². The number of nitriles is 1. The molecule has 2 nitrogen and oxygen atoms in total. The lowest BCUT2D eigenvalue weighted by atomic mass is 10.0. The Hall–Kier alpha value is -2.53. The largest absolute Gasteiger partial charge is 0.307 e. The standard InChI is InChI=1S/C16H12N2/c1-12-14-9-5-6-10-18(14)15(11-17)16(12)13-7-3-2-4-8-13/h2-10H,1H3. The van der Waals surface area contributed by atoms with Crippen molar-refractivity contribution in [2.45, 2.75) is 6.92 Å². The second-order valence-electron chi connectivity index (χ2n) is 4.28. The van der Waals surface area contributed by atoms with E-state index in [-0.39, 0.29) is 0 Å². The van der Waals surface area contributed by atoms with Crippen molar-refractivity contribution < 1.29 is 0 Å². The summed E-state index contributed by atoms with van der Waals surface area (Å²) >= 11 is 0. The van der Waals surface area contributed by atoms with Crippen molar-refractivity contribution in [1.82, 2.24) is 4.40 Å². The molecule has 0 unspecified atom stereocenters. The zero-order valence-electron chi connectivity index (χ0n) is 10.1. The Morgan fingerprint density at radius 1 is 1.00 bits per heavy atom. The molecule has 0 aliphatic heterocycles. The summed E-state index contributed by atoms with van der Waals surface area (Å²) in [5.41, 5.74) is 5.07. The maximum atomic E-state index is 9.42. The van der Waals surface area contributed by atoms with Crippen LogP contribution in [0, 0.1) is 18.3 Å². The quantitative estimate of drug-likeness (QED) is 0.627. The Balaban J connectivity index is 2.43. The smallest absolute Gasteiger partial charge is 0.133 e. The van der Waals surface area contributed by atoms with Crippen LogP contribution in [0.5, 0.6) is 0 Å². The van der Waals surface area contributed by atoms with Crippen molar-refractivity contribution in [2.75, 3.05) is 0 Å². The molecule has 0 bridgehead atoms. The average molecular weight is 232 g/mol. The molecular formula is C16H12N2. The van der Waals surface area contributed by atoms with Gasteiger partial charge in [0.15, 0.2) is 0 Å². The van der Waals surface area contributed by atoms with Gasteiger partial charge in [0.2, 0.25) is 0 Å². The number of fused-ring (bicyclic) bond motifs is 1. The van der Waals surface area contributed by atoms with Crippen molar-refractivity contribution in [3.05, 3.63) is 66.0 Å². The van der Waals surface area contributed by atoms with Crippen LogP contribution in [-0.2, 0) is 0 Å². The van der Waals surface area contributed by atoms with Crippen LogP contribution in [0.15, 0.2) is 54.7 Å². The number of rotatable bonds is 1. The van der Waals surface area contributed by atoms with Crippen molar-refractivity contribution in [2.24, 2.45) is 0 Å². The first-order valence-electron chi connectivity index (χ1n) is 5.88. The molecule has 1 aromatic carbocycles. The average Bonchev–Trinajstić information content (AvgIpc) is 2.73.